The van der Waals surface area contributed by atoms with E-state index in [0.29, 0.717) is 11.1 Å². The molecule has 0 atom stereocenters. The molecular formula is C29H21N2O2P. The average molecular weight is 460 g/mol. The molecule has 1 aliphatic heterocycles. The fourth-order valence-corrected chi connectivity index (χ4v) is 9.45. The van der Waals surface area contributed by atoms with Crippen molar-refractivity contribution < 1.29 is 9.59 Å². The largest absolute Gasteiger partial charge is 0.291 e. The number of benzene rings is 4. The minimum Gasteiger partial charge on any atom is -0.291 e. The number of hydrogen-bond donors (Lipinski definition) is 0. The second-order valence-corrected chi connectivity index (χ2v) is 11.9. The van der Waals surface area contributed by atoms with Gasteiger partial charge in [-0.05, 0) is 15.9 Å². The Hall–Kier alpha value is -3.88. The molecular weight excluding hydrogens is 439 g/mol. The van der Waals surface area contributed by atoms with Gasteiger partial charge in [0.05, 0.1) is 5.42 Å². The molecule has 0 aromatic heterocycles. The Labute approximate surface area is 198 Å². The molecule has 4 aromatic rings. The number of azo groups is 1. The SMILES string of the molecule is O=C1c2ccccc2C(=O)C12CC(=P(c1ccccc1)(c1ccccc1)c1ccccc1)N=N2. The molecule has 34 heavy (non-hydrogen) atoms. The Kier molecular flexibility index (Phi) is 4.79. The summed E-state index contributed by atoms with van der Waals surface area (Å²) in [6.07, 6.45) is 0.186. The summed E-state index contributed by atoms with van der Waals surface area (Å²) >= 11 is 0. The maximum absolute atomic E-state index is 13.5. The highest BCUT2D eigenvalue weighted by Gasteiger charge is 2.57. The highest BCUT2D eigenvalue weighted by Crippen LogP contribution is 2.51. The van der Waals surface area contributed by atoms with E-state index in [1.165, 1.54) is 0 Å². The number of rotatable bonds is 3. The fraction of sp³-hybridized carbons (Fsp3) is 0.0690. The minimum absolute atomic E-state index is 0.186. The van der Waals surface area contributed by atoms with Gasteiger partial charge in [0.2, 0.25) is 17.1 Å². The summed E-state index contributed by atoms with van der Waals surface area (Å²) in [6, 6.07) is 37.9. The summed E-state index contributed by atoms with van der Waals surface area (Å²) in [5.74, 6) is -0.502. The van der Waals surface area contributed by atoms with Crippen LogP contribution in [0.4, 0.5) is 0 Å². The number of fused-ring (bicyclic) bond motifs is 1. The topological polar surface area (TPSA) is 58.9 Å². The number of ketones is 2. The molecule has 1 spiro atoms. The van der Waals surface area contributed by atoms with Gasteiger partial charge in [-0.2, -0.15) is 10.2 Å². The second-order valence-electron chi connectivity index (χ2n) is 8.53. The molecule has 0 fully saturated rings. The van der Waals surface area contributed by atoms with Crippen LogP contribution in [0.5, 0.6) is 0 Å². The molecule has 1 heterocycles. The Balaban J connectivity index is 1.68. The van der Waals surface area contributed by atoms with Crippen LogP contribution in [0.2, 0.25) is 0 Å². The van der Waals surface area contributed by atoms with Crippen molar-refractivity contribution in [2.45, 2.75) is 12.0 Å². The molecule has 2 aliphatic rings. The smallest absolute Gasteiger partial charge is 0.212 e. The molecule has 164 valence electrons. The number of nitrogens with zero attached hydrogens (tertiary/aromatic N) is 2. The van der Waals surface area contributed by atoms with Crippen LogP contribution in [-0.4, -0.2) is 22.5 Å². The van der Waals surface area contributed by atoms with Gasteiger partial charge in [-0.15, -0.1) is 0 Å². The van der Waals surface area contributed by atoms with Crippen LogP contribution in [-0.2, 0) is 0 Å². The lowest BCUT2D eigenvalue weighted by atomic mass is 9.91. The molecule has 0 bridgehead atoms. The predicted molar refractivity (Wildman–Crippen MR) is 137 cm³/mol. The number of carbonyl (C=O) groups is 2. The van der Waals surface area contributed by atoms with E-state index in [9.17, 15) is 9.59 Å². The van der Waals surface area contributed by atoms with E-state index in [2.05, 4.69) is 41.5 Å². The van der Waals surface area contributed by atoms with Gasteiger partial charge in [-0.1, -0.05) is 115 Å². The van der Waals surface area contributed by atoms with Gasteiger partial charge < -0.3 is 0 Å². The lowest BCUT2D eigenvalue weighted by molar-refractivity contribution is 0.0810. The van der Waals surface area contributed by atoms with E-state index in [1.807, 2.05) is 54.6 Å². The number of Topliss-reactive ketones (excluding diaryl/α,β-unsaturated/α-hetero) is 2. The van der Waals surface area contributed by atoms with E-state index in [-0.39, 0.29) is 18.0 Å². The molecule has 0 saturated carbocycles. The van der Waals surface area contributed by atoms with Crippen molar-refractivity contribution >= 4 is 39.8 Å². The van der Waals surface area contributed by atoms with Gasteiger partial charge in [0, 0.05) is 24.4 Å². The molecule has 1 aliphatic carbocycles. The van der Waals surface area contributed by atoms with E-state index in [4.69, 9.17) is 5.11 Å². The van der Waals surface area contributed by atoms with Crippen LogP contribution >= 0.6 is 6.89 Å². The zero-order valence-electron chi connectivity index (χ0n) is 18.3. The third-order valence-electron chi connectivity index (χ3n) is 6.74. The van der Waals surface area contributed by atoms with Gasteiger partial charge in [-0.3, -0.25) is 9.59 Å². The van der Waals surface area contributed by atoms with Crippen molar-refractivity contribution in [1.29, 1.82) is 0 Å². The average Bonchev–Trinajstić information content (AvgIpc) is 3.44. The van der Waals surface area contributed by atoms with Crippen molar-refractivity contribution in [2.75, 3.05) is 0 Å². The van der Waals surface area contributed by atoms with Gasteiger partial charge in [-0.25, -0.2) is 0 Å². The van der Waals surface area contributed by atoms with Crippen molar-refractivity contribution in [1.82, 2.24) is 0 Å². The Bertz CT molecular complexity index is 1370. The maximum Gasteiger partial charge on any atom is 0.212 e. The second kappa shape index (κ2) is 7.86. The van der Waals surface area contributed by atoms with Gasteiger partial charge in [0.1, 0.15) is 0 Å². The molecule has 0 radical (unpaired) electrons. The molecule has 5 heteroatoms. The van der Waals surface area contributed by atoms with Crippen molar-refractivity contribution in [3.63, 3.8) is 0 Å². The van der Waals surface area contributed by atoms with Crippen LogP contribution in [0, 0.1) is 0 Å². The van der Waals surface area contributed by atoms with Gasteiger partial charge in [0.25, 0.3) is 0 Å². The molecule has 0 saturated heterocycles. The molecule has 4 aromatic carbocycles. The molecule has 4 nitrogen and oxygen atoms in total. The summed E-state index contributed by atoms with van der Waals surface area (Å²) in [7, 11) is 0. The van der Waals surface area contributed by atoms with E-state index < -0.39 is 12.4 Å². The highest BCUT2D eigenvalue weighted by molar-refractivity contribution is 7.95. The third kappa shape index (κ3) is 2.79. The molecule has 0 N–H and O–H groups in total. The Morgan fingerprint density at radius 2 is 0.941 bits per heavy atom. The fourth-order valence-electron chi connectivity index (χ4n) is 5.16. The molecule has 0 unspecified atom stereocenters. The monoisotopic (exact) mass is 460 g/mol. The summed E-state index contributed by atoms with van der Waals surface area (Å²) in [5, 5.41) is 12.5. The quantitative estimate of drug-likeness (QED) is 0.326. The summed E-state index contributed by atoms with van der Waals surface area (Å²) in [5.41, 5.74) is 0.180. The lowest BCUT2D eigenvalue weighted by Crippen LogP contribution is -2.39. The normalized spacial score (nSPS) is 16.3. The van der Waals surface area contributed by atoms with Gasteiger partial charge >= 0.3 is 0 Å². The van der Waals surface area contributed by atoms with E-state index in [1.54, 1.807) is 24.3 Å². The Morgan fingerprint density at radius 3 is 1.35 bits per heavy atom. The maximum atomic E-state index is 13.5. The van der Waals surface area contributed by atoms with Crippen LogP contribution in [0.3, 0.4) is 0 Å². The first kappa shape index (κ1) is 20.7. The van der Waals surface area contributed by atoms with Crippen molar-refractivity contribution in [3.05, 3.63) is 126 Å². The van der Waals surface area contributed by atoms with Crippen molar-refractivity contribution in [3.8, 4) is 0 Å². The third-order valence-corrected chi connectivity index (χ3v) is 11.0. The van der Waals surface area contributed by atoms with Crippen LogP contribution < -0.4 is 15.9 Å². The number of carbonyl (C=O) groups excluding carboxylic acids is 2. The summed E-state index contributed by atoms with van der Waals surface area (Å²) in [4.78, 5) is 27.1. The number of hydrogen-bond acceptors (Lipinski definition) is 3. The standard InChI is InChI=1S/C29H21N2O2P/c32-27-24-18-10-11-19-25(24)28(33)29(27)20-26(30-31-29)34(21-12-4-1-5-13-21,22-14-6-2-7-15-22)23-16-8-3-9-17-23/h1-19H,20H2. The molecule has 0 amide bonds. The van der Waals surface area contributed by atoms with Crippen LogP contribution in [0.25, 0.3) is 0 Å². The minimum atomic E-state index is -2.48. The lowest BCUT2D eigenvalue weighted by Gasteiger charge is -2.30. The predicted octanol–water partition coefficient (Wildman–Crippen LogP) is 4.78. The first-order valence-electron chi connectivity index (χ1n) is 11.2. The zero-order valence-corrected chi connectivity index (χ0v) is 19.2. The molecule has 6 rings (SSSR count). The van der Waals surface area contributed by atoms with Crippen molar-refractivity contribution in [2.24, 2.45) is 10.2 Å². The highest BCUT2D eigenvalue weighted by atomic mass is 31.2. The summed E-state index contributed by atoms with van der Waals surface area (Å²) < 4.78 is 0. The van der Waals surface area contributed by atoms with Crippen LogP contribution in [0.1, 0.15) is 27.1 Å². The summed E-state index contributed by atoms with van der Waals surface area (Å²) in [6.45, 7) is -2.48. The van der Waals surface area contributed by atoms with E-state index >= 15 is 0 Å². The first-order valence-corrected chi connectivity index (χ1v) is 13.0. The first-order chi connectivity index (χ1) is 16.7. The van der Waals surface area contributed by atoms with Crippen LogP contribution in [0.15, 0.2) is 125 Å². The zero-order chi connectivity index (χ0) is 23.2. The van der Waals surface area contributed by atoms with E-state index in [0.717, 1.165) is 21.3 Å². The van der Waals surface area contributed by atoms with Gasteiger partial charge in [0.15, 0.2) is 0 Å². The Morgan fingerprint density at radius 1 is 0.559 bits per heavy atom.